The van der Waals surface area contributed by atoms with E-state index in [0.29, 0.717) is 32.4 Å². The van der Waals surface area contributed by atoms with Gasteiger partial charge in [-0.15, -0.1) is 0 Å². The Bertz CT molecular complexity index is 422. The van der Waals surface area contributed by atoms with Gasteiger partial charge in [0, 0.05) is 12.6 Å². The number of aliphatic hydroxyl groups is 1. The summed E-state index contributed by atoms with van der Waals surface area (Å²) in [6.07, 6.45) is 1.97. The van der Waals surface area contributed by atoms with E-state index in [2.05, 4.69) is 29.6 Å². The molecule has 0 saturated carbocycles. The van der Waals surface area contributed by atoms with Gasteiger partial charge in [0.2, 0.25) is 0 Å². The van der Waals surface area contributed by atoms with Crippen LogP contribution in [0.4, 0.5) is 0 Å². The van der Waals surface area contributed by atoms with Crippen LogP contribution in [0.1, 0.15) is 37.4 Å². The molecule has 1 aliphatic carbocycles. The molecular weight excluding hydrogens is 266 g/mol. The average molecular weight is 293 g/mol. The van der Waals surface area contributed by atoms with Crippen LogP contribution in [0.25, 0.3) is 0 Å². The number of rotatable bonds is 9. The van der Waals surface area contributed by atoms with Crippen molar-refractivity contribution in [3.05, 3.63) is 35.4 Å². The molecule has 2 rings (SSSR count). The van der Waals surface area contributed by atoms with E-state index in [1.807, 2.05) is 13.8 Å². The van der Waals surface area contributed by atoms with Crippen LogP contribution in [-0.4, -0.2) is 43.7 Å². The van der Waals surface area contributed by atoms with E-state index < -0.39 is 6.10 Å². The van der Waals surface area contributed by atoms with Gasteiger partial charge in [0.15, 0.2) is 0 Å². The smallest absolute Gasteiger partial charge is 0.0897 e. The molecule has 0 radical (unpaired) electrons. The zero-order chi connectivity index (χ0) is 15.1. The number of benzene rings is 1. The van der Waals surface area contributed by atoms with Crippen LogP contribution in [0.2, 0.25) is 0 Å². The molecular formula is C17H27NO3. The third kappa shape index (κ3) is 5.40. The Hall–Kier alpha value is -0.940. The average Bonchev–Trinajstić information content (AvgIpc) is 2.87. The number of nitrogens with one attached hydrogen (secondary N) is 1. The van der Waals surface area contributed by atoms with E-state index >= 15 is 0 Å². The Balaban J connectivity index is 1.60. The molecule has 118 valence electrons. The standard InChI is InChI=1S/C17H27NO3/c1-13(2)21-10-9-20-12-15(19)11-18-17-8-7-14-5-3-4-6-16(14)17/h3-6,13,15,17-19H,7-12H2,1-2H3. The first-order valence-electron chi connectivity index (χ1n) is 7.85. The SMILES string of the molecule is CC(C)OCCOCC(O)CNC1CCc2ccccc21. The van der Waals surface area contributed by atoms with Crippen molar-refractivity contribution in [3.8, 4) is 0 Å². The molecule has 0 saturated heterocycles. The summed E-state index contributed by atoms with van der Waals surface area (Å²) in [5, 5.41) is 13.4. The second-order valence-corrected chi connectivity index (χ2v) is 5.85. The molecule has 4 nitrogen and oxygen atoms in total. The fourth-order valence-electron chi connectivity index (χ4n) is 2.67. The number of hydrogen-bond donors (Lipinski definition) is 2. The van der Waals surface area contributed by atoms with E-state index in [0.717, 1.165) is 12.8 Å². The molecule has 0 spiro atoms. The molecule has 0 aliphatic heterocycles. The summed E-state index contributed by atoms with van der Waals surface area (Å²) in [5.41, 5.74) is 2.79. The molecule has 2 unspecified atom stereocenters. The van der Waals surface area contributed by atoms with Crippen LogP contribution >= 0.6 is 0 Å². The molecule has 0 amide bonds. The summed E-state index contributed by atoms with van der Waals surface area (Å²) >= 11 is 0. The Morgan fingerprint density at radius 1 is 1.29 bits per heavy atom. The molecule has 1 aromatic rings. The summed E-state index contributed by atoms with van der Waals surface area (Å²) in [6, 6.07) is 8.88. The lowest BCUT2D eigenvalue weighted by molar-refractivity contribution is -0.0105. The molecule has 0 heterocycles. The highest BCUT2D eigenvalue weighted by Gasteiger charge is 2.21. The summed E-state index contributed by atoms with van der Waals surface area (Å²) in [7, 11) is 0. The maximum atomic E-state index is 9.94. The summed E-state index contributed by atoms with van der Waals surface area (Å²) in [4.78, 5) is 0. The van der Waals surface area contributed by atoms with Crippen molar-refractivity contribution in [1.82, 2.24) is 5.32 Å². The van der Waals surface area contributed by atoms with Gasteiger partial charge in [-0.2, -0.15) is 0 Å². The number of fused-ring (bicyclic) bond motifs is 1. The summed E-state index contributed by atoms with van der Waals surface area (Å²) in [5.74, 6) is 0. The monoisotopic (exact) mass is 293 g/mol. The van der Waals surface area contributed by atoms with E-state index in [1.54, 1.807) is 0 Å². The third-order valence-electron chi connectivity index (χ3n) is 3.72. The van der Waals surface area contributed by atoms with Crippen molar-refractivity contribution in [2.24, 2.45) is 0 Å². The minimum atomic E-state index is -0.475. The van der Waals surface area contributed by atoms with Crippen LogP contribution < -0.4 is 5.32 Å². The number of aliphatic hydroxyl groups excluding tert-OH is 1. The highest BCUT2D eigenvalue weighted by atomic mass is 16.5. The Morgan fingerprint density at radius 3 is 2.90 bits per heavy atom. The first-order valence-corrected chi connectivity index (χ1v) is 7.85. The van der Waals surface area contributed by atoms with E-state index in [-0.39, 0.29) is 6.10 Å². The minimum Gasteiger partial charge on any atom is -0.389 e. The van der Waals surface area contributed by atoms with E-state index in [9.17, 15) is 5.11 Å². The third-order valence-corrected chi connectivity index (χ3v) is 3.72. The highest BCUT2D eigenvalue weighted by molar-refractivity contribution is 5.34. The van der Waals surface area contributed by atoms with Gasteiger partial charge in [-0.25, -0.2) is 0 Å². The van der Waals surface area contributed by atoms with Gasteiger partial charge in [-0.3, -0.25) is 0 Å². The molecule has 2 atom stereocenters. The molecule has 1 aromatic carbocycles. The summed E-state index contributed by atoms with van der Waals surface area (Å²) in [6.45, 7) is 6.01. The fourth-order valence-corrected chi connectivity index (χ4v) is 2.67. The number of hydrogen-bond acceptors (Lipinski definition) is 4. The topological polar surface area (TPSA) is 50.7 Å². The van der Waals surface area contributed by atoms with Crippen molar-refractivity contribution in [2.75, 3.05) is 26.4 Å². The van der Waals surface area contributed by atoms with Gasteiger partial charge >= 0.3 is 0 Å². The molecule has 2 N–H and O–H groups in total. The second kappa shape index (κ2) is 8.49. The zero-order valence-corrected chi connectivity index (χ0v) is 13.0. The molecule has 0 fully saturated rings. The number of ether oxygens (including phenoxy) is 2. The lowest BCUT2D eigenvalue weighted by atomic mass is 10.1. The van der Waals surface area contributed by atoms with Gasteiger partial charge in [0.1, 0.15) is 0 Å². The van der Waals surface area contributed by atoms with Crippen LogP contribution in [0.3, 0.4) is 0 Å². The summed E-state index contributed by atoms with van der Waals surface area (Å²) < 4.78 is 10.8. The zero-order valence-electron chi connectivity index (χ0n) is 13.0. The van der Waals surface area contributed by atoms with Crippen LogP contribution in [0, 0.1) is 0 Å². The fraction of sp³-hybridized carbons (Fsp3) is 0.647. The van der Waals surface area contributed by atoms with Crippen LogP contribution in [0.5, 0.6) is 0 Å². The predicted molar refractivity (Wildman–Crippen MR) is 83.4 cm³/mol. The van der Waals surface area contributed by atoms with Gasteiger partial charge in [-0.05, 0) is 37.8 Å². The molecule has 0 aromatic heterocycles. The second-order valence-electron chi connectivity index (χ2n) is 5.85. The maximum absolute atomic E-state index is 9.94. The van der Waals surface area contributed by atoms with Crippen molar-refractivity contribution in [3.63, 3.8) is 0 Å². The van der Waals surface area contributed by atoms with E-state index in [1.165, 1.54) is 11.1 Å². The van der Waals surface area contributed by atoms with Crippen molar-refractivity contribution >= 4 is 0 Å². The first-order chi connectivity index (χ1) is 10.2. The Labute approximate surface area is 127 Å². The molecule has 0 bridgehead atoms. The van der Waals surface area contributed by atoms with Crippen LogP contribution in [-0.2, 0) is 15.9 Å². The van der Waals surface area contributed by atoms with Crippen LogP contribution in [0.15, 0.2) is 24.3 Å². The van der Waals surface area contributed by atoms with Gasteiger partial charge in [-0.1, -0.05) is 24.3 Å². The van der Waals surface area contributed by atoms with Crippen molar-refractivity contribution in [2.45, 2.75) is 44.9 Å². The van der Waals surface area contributed by atoms with E-state index in [4.69, 9.17) is 9.47 Å². The Kier molecular flexibility index (Phi) is 6.64. The van der Waals surface area contributed by atoms with Crippen molar-refractivity contribution < 1.29 is 14.6 Å². The first kappa shape index (κ1) is 16.4. The molecule has 1 aliphatic rings. The lowest BCUT2D eigenvalue weighted by Crippen LogP contribution is -2.32. The maximum Gasteiger partial charge on any atom is 0.0897 e. The quantitative estimate of drug-likeness (QED) is 0.684. The lowest BCUT2D eigenvalue weighted by Gasteiger charge is -2.17. The van der Waals surface area contributed by atoms with Gasteiger partial charge < -0.3 is 19.9 Å². The highest BCUT2D eigenvalue weighted by Crippen LogP contribution is 2.30. The predicted octanol–water partition coefficient (Wildman–Crippen LogP) is 2.07. The minimum absolute atomic E-state index is 0.225. The molecule has 4 heteroatoms. The van der Waals surface area contributed by atoms with Gasteiger partial charge in [0.05, 0.1) is 32.0 Å². The number of aryl methyl sites for hydroxylation is 1. The molecule has 21 heavy (non-hydrogen) atoms. The Morgan fingerprint density at radius 2 is 2.10 bits per heavy atom. The largest absolute Gasteiger partial charge is 0.389 e. The van der Waals surface area contributed by atoms with Gasteiger partial charge in [0.25, 0.3) is 0 Å². The van der Waals surface area contributed by atoms with Crippen molar-refractivity contribution in [1.29, 1.82) is 0 Å². The normalized spacial score (nSPS) is 19.0.